The number of carboxylic acid groups (broad SMARTS) is 1. The molecule has 0 aliphatic heterocycles. The van der Waals surface area contributed by atoms with Crippen LogP contribution < -0.4 is 10.6 Å². The number of aliphatic carboxylic acids is 1. The lowest BCUT2D eigenvalue weighted by Gasteiger charge is -2.18. The molecule has 0 saturated heterocycles. The van der Waals surface area contributed by atoms with E-state index in [0.29, 0.717) is 19.4 Å². The van der Waals surface area contributed by atoms with Crippen molar-refractivity contribution in [1.82, 2.24) is 10.6 Å². The number of ether oxygens (including phenoxy) is 1. The van der Waals surface area contributed by atoms with Gasteiger partial charge in [0.1, 0.15) is 12.6 Å². The minimum atomic E-state index is -1.02. The molecular weight excluding hydrogens is 432 g/mol. The maximum absolute atomic E-state index is 12.3. The molecule has 0 aromatic heterocycles. The van der Waals surface area contributed by atoms with Gasteiger partial charge in [-0.25, -0.2) is 9.59 Å². The molecule has 2 unspecified atom stereocenters. The van der Waals surface area contributed by atoms with Gasteiger partial charge in [-0.3, -0.25) is 4.79 Å². The van der Waals surface area contributed by atoms with Crippen LogP contribution in [0.1, 0.15) is 57.1 Å². The molecule has 0 saturated carbocycles. The van der Waals surface area contributed by atoms with Gasteiger partial charge in [-0.1, -0.05) is 69.3 Å². The standard InChI is InChI=1S/C27H34N2O5/c1-17(2)14-24(26(31)32)29-25(30)15-18(3)12-13-28-27(33)34-16-23-21-10-6-4-8-19(21)20-9-5-7-11-22(20)23/h4-11,17-18,23-24H,12-16H2,1-3H3,(H,28,33)(H,29,30)(H,31,32). The number of fused-ring (bicyclic) bond motifs is 3. The lowest BCUT2D eigenvalue weighted by Crippen LogP contribution is -2.42. The van der Waals surface area contributed by atoms with Crippen molar-refractivity contribution >= 4 is 18.0 Å². The molecule has 0 fully saturated rings. The number of carboxylic acids is 1. The zero-order chi connectivity index (χ0) is 24.7. The zero-order valence-electron chi connectivity index (χ0n) is 20.0. The average Bonchev–Trinajstić information content (AvgIpc) is 3.10. The van der Waals surface area contributed by atoms with Gasteiger partial charge >= 0.3 is 12.1 Å². The normalized spacial score (nSPS) is 14.1. The second-order valence-corrected chi connectivity index (χ2v) is 9.44. The van der Waals surface area contributed by atoms with Crippen molar-refractivity contribution in [3.05, 3.63) is 59.7 Å². The molecule has 182 valence electrons. The van der Waals surface area contributed by atoms with E-state index in [2.05, 4.69) is 34.9 Å². The van der Waals surface area contributed by atoms with Crippen LogP contribution in [0.3, 0.4) is 0 Å². The number of carbonyl (C=O) groups excluding carboxylic acids is 2. The van der Waals surface area contributed by atoms with Crippen LogP contribution in [0.25, 0.3) is 11.1 Å². The van der Waals surface area contributed by atoms with Gasteiger partial charge in [0.05, 0.1) is 0 Å². The van der Waals surface area contributed by atoms with Gasteiger partial charge < -0.3 is 20.5 Å². The van der Waals surface area contributed by atoms with Crippen LogP contribution in [0.4, 0.5) is 4.79 Å². The van der Waals surface area contributed by atoms with Gasteiger partial charge in [-0.2, -0.15) is 0 Å². The van der Waals surface area contributed by atoms with E-state index in [-0.39, 0.29) is 36.7 Å². The molecule has 34 heavy (non-hydrogen) atoms. The number of alkyl carbamates (subject to hydrolysis) is 1. The molecule has 0 bridgehead atoms. The maximum atomic E-state index is 12.3. The summed E-state index contributed by atoms with van der Waals surface area (Å²) in [7, 11) is 0. The molecule has 3 N–H and O–H groups in total. The van der Waals surface area contributed by atoms with E-state index >= 15 is 0 Å². The van der Waals surface area contributed by atoms with Crippen molar-refractivity contribution in [3.8, 4) is 11.1 Å². The topological polar surface area (TPSA) is 105 Å². The van der Waals surface area contributed by atoms with Gasteiger partial charge in [0.15, 0.2) is 0 Å². The molecule has 2 amide bonds. The lowest BCUT2D eigenvalue weighted by atomic mass is 9.98. The predicted molar refractivity (Wildman–Crippen MR) is 130 cm³/mol. The van der Waals surface area contributed by atoms with Gasteiger partial charge in [-0.15, -0.1) is 0 Å². The third-order valence-electron chi connectivity index (χ3n) is 6.12. The Balaban J connectivity index is 1.41. The molecule has 0 spiro atoms. The van der Waals surface area contributed by atoms with Gasteiger partial charge in [0.2, 0.25) is 5.91 Å². The van der Waals surface area contributed by atoms with Gasteiger partial charge in [0.25, 0.3) is 0 Å². The summed E-state index contributed by atoms with van der Waals surface area (Å²) in [6, 6.07) is 15.5. The number of rotatable bonds is 11. The fourth-order valence-corrected chi connectivity index (χ4v) is 4.43. The Labute approximate surface area is 200 Å². The Hall–Kier alpha value is -3.35. The van der Waals surface area contributed by atoms with E-state index in [4.69, 9.17) is 4.74 Å². The van der Waals surface area contributed by atoms with Crippen molar-refractivity contribution in [1.29, 1.82) is 0 Å². The summed E-state index contributed by atoms with van der Waals surface area (Å²) in [6.45, 7) is 6.36. The third kappa shape index (κ3) is 6.59. The SMILES string of the molecule is CC(C)CC(NC(=O)CC(C)CCNC(=O)OCC1c2ccccc2-c2ccccc21)C(=O)O. The minimum Gasteiger partial charge on any atom is -0.480 e. The first-order valence-electron chi connectivity index (χ1n) is 11.9. The summed E-state index contributed by atoms with van der Waals surface area (Å²) in [5.74, 6) is -1.15. The Bertz CT molecular complexity index is 974. The summed E-state index contributed by atoms with van der Waals surface area (Å²) >= 11 is 0. The van der Waals surface area contributed by atoms with E-state index in [1.807, 2.05) is 45.0 Å². The first kappa shape index (κ1) is 25.3. The fraction of sp³-hybridized carbons (Fsp3) is 0.444. The van der Waals surface area contributed by atoms with Crippen molar-refractivity contribution in [3.63, 3.8) is 0 Å². The molecule has 7 nitrogen and oxygen atoms in total. The van der Waals surface area contributed by atoms with E-state index in [9.17, 15) is 19.5 Å². The molecule has 2 atom stereocenters. The van der Waals surface area contributed by atoms with Crippen LogP contribution in [0.2, 0.25) is 0 Å². The summed E-state index contributed by atoms with van der Waals surface area (Å²) in [4.78, 5) is 35.8. The van der Waals surface area contributed by atoms with Crippen molar-refractivity contribution in [2.24, 2.45) is 11.8 Å². The average molecular weight is 467 g/mol. The van der Waals surface area contributed by atoms with Crippen molar-refractivity contribution in [2.45, 2.75) is 52.0 Å². The number of benzene rings is 2. The zero-order valence-corrected chi connectivity index (χ0v) is 20.0. The molecule has 1 aliphatic rings. The summed E-state index contributed by atoms with van der Waals surface area (Å²) < 4.78 is 5.52. The Kier molecular flexibility index (Phi) is 8.68. The van der Waals surface area contributed by atoms with Crippen LogP contribution in [0.5, 0.6) is 0 Å². The Morgan fingerprint density at radius 2 is 1.56 bits per heavy atom. The largest absolute Gasteiger partial charge is 0.480 e. The van der Waals surface area contributed by atoms with Gasteiger partial charge in [-0.05, 0) is 46.9 Å². The highest BCUT2D eigenvalue weighted by atomic mass is 16.5. The van der Waals surface area contributed by atoms with Crippen LogP contribution in [-0.2, 0) is 14.3 Å². The number of nitrogens with one attached hydrogen (secondary N) is 2. The molecule has 7 heteroatoms. The predicted octanol–water partition coefficient (Wildman–Crippen LogP) is 4.56. The lowest BCUT2D eigenvalue weighted by molar-refractivity contribution is -0.142. The van der Waals surface area contributed by atoms with Crippen LogP contribution in [0.15, 0.2) is 48.5 Å². The molecule has 2 aromatic carbocycles. The van der Waals surface area contributed by atoms with E-state index in [0.717, 1.165) is 11.1 Å². The quantitative estimate of drug-likeness (QED) is 0.450. The summed E-state index contributed by atoms with van der Waals surface area (Å²) in [6.07, 6.45) is 0.688. The second-order valence-electron chi connectivity index (χ2n) is 9.44. The number of carbonyl (C=O) groups is 3. The first-order valence-corrected chi connectivity index (χ1v) is 11.9. The van der Waals surface area contributed by atoms with E-state index in [1.54, 1.807) is 0 Å². The highest BCUT2D eigenvalue weighted by Gasteiger charge is 2.29. The van der Waals surface area contributed by atoms with Crippen LogP contribution in [0, 0.1) is 11.8 Å². The smallest absolute Gasteiger partial charge is 0.407 e. The summed E-state index contributed by atoms with van der Waals surface area (Å²) in [5, 5.41) is 14.6. The third-order valence-corrected chi connectivity index (χ3v) is 6.12. The van der Waals surface area contributed by atoms with Crippen LogP contribution >= 0.6 is 0 Å². The molecule has 3 rings (SSSR count). The monoisotopic (exact) mass is 466 g/mol. The Morgan fingerprint density at radius 3 is 2.12 bits per heavy atom. The van der Waals surface area contributed by atoms with Crippen LogP contribution in [-0.4, -0.2) is 42.3 Å². The molecular formula is C27H34N2O5. The van der Waals surface area contributed by atoms with E-state index < -0.39 is 18.1 Å². The number of hydrogen-bond donors (Lipinski definition) is 3. The van der Waals surface area contributed by atoms with Crippen molar-refractivity contribution in [2.75, 3.05) is 13.2 Å². The van der Waals surface area contributed by atoms with E-state index in [1.165, 1.54) is 11.1 Å². The summed E-state index contributed by atoms with van der Waals surface area (Å²) in [5.41, 5.74) is 4.68. The molecule has 0 heterocycles. The maximum Gasteiger partial charge on any atom is 0.407 e. The fourth-order valence-electron chi connectivity index (χ4n) is 4.43. The number of hydrogen-bond acceptors (Lipinski definition) is 4. The highest BCUT2D eigenvalue weighted by molar-refractivity contribution is 5.83. The molecule has 1 aliphatic carbocycles. The van der Waals surface area contributed by atoms with Gasteiger partial charge in [0, 0.05) is 18.9 Å². The van der Waals surface area contributed by atoms with Crippen molar-refractivity contribution < 1.29 is 24.2 Å². The first-order chi connectivity index (χ1) is 16.3. The molecule has 0 radical (unpaired) electrons. The number of amides is 2. The molecule has 2 aromatic rings. The Morgan fingerprint density at radius 1 is 0.971 bits per heavy atom. The second kappa shape index (κ2) is 11.7. The highest BCUT2D eigenvalue weighted by Crippen LogP contribution is 2.44. The minimum absolute atomic E-state index is 0.00814.